The molecule has 0 saturated carbocycles. The fraction of sp³-hybridized carbons (Fsp3) is 0.800. The van der Waals surface area contributed by atoms with Crippen molar-refractivity contribution in [3.8, 4) is 0 Å². The molecule has 2 atom stereocenters. The minimum absolute atomic E-state index is 0.0315. The van der Waals surface area contributed by atoms with E-state index < -0.39 is 27.8 Å². The van der Waals surface area contributed by atoms with E-state index in [-0.39, 0.29) is 17.4 Å². The number of carboxylic acid groups (broad SMARTS) is 1. The number of thioether (sulfide) groups is 1. The monoisotopic (exact) mass is 293 g/mol. The summed E-state index contributed by atoms with van der Waals surface area (Å²) in [5, 5.41) is 9.08. The molecule has 0 radical (unpaired) electrons. The Morgan fingerprint density at radius 1 is 1.33 bits per heavy atom. The predicted octanol–water partition coefficient (Wildman–Crippen LogP) is -0.550. The Morgan fingerprint density at radius 3 is 2.61 bits per heavy atom. The molecule has 8 heteroatoms. The fourth-order valence-electron chi connectivity index (χ4n) is 2.30. The molecule has 6 nitrogen and oxygen atoms in total. The van der Waals surface area contributed by atoms with Crippen molar-refractivity contribution in [1.29, 1.82) is 0 Å². The van der Waals surface area contributed by atoms with E-state index in [0.29, 0.717) is 24.5 Å². The van der Waals surface area contributed by atoms with Gasteiger partial charge in [-0.3, -0.25) is 4.79 Å². The number of carbonyl (C=O) groups is 2. The maximum Gasteiger partial charge on any atom is 0.327 e. The highest BCUT2D eigenvalue weighted by atomic mass is 32.2. The average molecular weight is 293 g/mol. The Kier molecular flexibility index (Phi) is 3.86. The van der Waals surface area contributed by atoms with Gasteiger partial charge in [0.2, 0.25) is 5.91 Å². The summed E-state index contributed by atoms with van der Waals surface area (Å²) in [5.41, 5.74) is 0. The van der Waals surface area contributed by atoms with Crippen LogP contribution in [0.25, 0.3) is 0 Å². The van der Waals surface area contributed by atoms with Gasteiger partial charge in [-0.1, -0.05) is 0 Å². The number of carbonyl (C=O) groups excluding carboxylic acids is 1. The number of sulfone groups is 1. The predicted molar refractivity (Wildman–Crippen MR) is 67.2 cm³/mol. The summed E-state index contributed by atoms with van der Waals surface area (Å²) in [6.07, 6.45) is 0.317. The number of hydrogen-bond acceptors (Lipinski definition) is 5. The van der Waals surface area contributed by atoms with Gasteiger partial charge in [0, 0.05) is 18.1 Å². The number of carboxylic acids is 1. The van der Waals surface area contributed by atoms with Crippen LogP contribution >= 0.6 is 11.8 Å². The van der Waals surface area contributed by atoms with Crippen molar-refractivity contribution < 1.29 is 23.1 Å². The van der Waals surface area contributed by atoms with E-state index in [1.807, 2.05) is 0 Å². The molecule has 0 aliphatic carbocycles. The van der Waals surface area contributed by atoms with Crippen LogP contribution in [0.4, 0.5) is 0 Å². The maximum absolute atomic E-state index is 12.2. The molecule has 2 aliphatic rings. The van der Waals surface area contributed by atoms with E-state index in [9.17, 15) is 18.0 Å². The lowest BCUT2D eigenvalue weighted by atomic mass is 10.1. The quantitative estimate of drug-likeness (QED) is 0.734. The van der Waals surface area contributed by atoms with E-state index >= 15 is 0 Å². The first-order chi connectivity index (χ1) is 8.41. The molecule has 0 aromatic heterocycles. The zero-order valence-corrected chi connectivity index (χ0v) is 11.4. The molecule has 102 valence electrons. The number of hydrogen-bond donors (Lipinski definition) is 1. The second kappa shape index (κ2) is 5.08. The molecule has 2 unspecified atom stereocenters. The third kappa shape index (κ3) is 2.80. The van der Waals surface area contributed by atoms with E-state index in [1.54, 1.807) is 0 Å². The lowest BCUT2D eigenvalue weighted by Gasteiger charge is -2.34. The van der Waals surface area contributed by atoms with Crippen molar-refractivity contribution in [1.82, 2.24) is 4.90 Å². The number of rotatable bonds is 2. The summed E-state index contributed by atoms with van der Waals surface area (Å²) in [7, 11) is -3.12. The molecule has 1 N–H and O–H groups in total. The Labute approximate surface area is 110 Å². The van der Waals surface area contributed by atoms with Gasteiger partial charge in [-0.15, -0.1) is 0 Å². The Morgan fingerprint density at radius 2 is 2.06 bits per heavy atom. The van der Waals surface area contributed by atoms with Crippen molar-refractivity contribution in [3.63, 3.8) is 0 Å². The van der Waals surface area contributed by atoms with Crippen LogP contribution in [0.15, 0.2) is 0 Å². The first-order valence-electron chi connectivity index (χ1n) is 5.72. The van der Waals surface area contributed by atoms with E-state index in [4.69, 9.17) is 5.11 Å². The summed E-state index contributed by atoms with van der Waals surface area (Å²) in [6.45, 7) is 0.386. The van der Waals surface area contributed by atoms with Crippen molar-refractivity contribution in [2.24, 2.45) is 5.92 Å². The first-order valence-corrected chi connectivity index (χ1v) is 8.70. The highest BCUT2D eigenvalue weighted by molar-refractivity contribution is 7.99. The SMILES string of the molecule is O=C(O)C1CSCCN1C(=O)C1CCS(=O)(=O)C1. The standard InChI is InChI=1S/C10H15NO5S2/c12-9(7-1-4-18(15,16)6-7)11-2-3-17-5-8(11)10(13)14/h7-8H,1-6H2,(H,13,14). The van der Waals surface area contributed by atoms with Crippen LogP contribution in [0.3, 0.4) is 0 Å². The third-order valence-electron chi connectivity index (χ3n) is 3.28. The molecule has 2 fully saturated rings. The smallest absolute Gasteiger partial charge is 0.327 e. The van der Waals surface area contributed by atoms with Gasteiger partial charge in [-0.25, -0.2) is 13.2 Å². The van der Waals surface area contributed by atoms with Crippen LogP contribution in [-0.2, 0) is 19.4 Å². The van der Waals surface area contributed by atoms with Gasteiger partial charge in [0.15, 0.2) is 9.84 Å². The van der Waals surface area contributed by atoms with Crippen LogP contribution in [0.1, 0.15) is 6.42 Å². The molecule has 2 saturated heterocycles. The van der Waals surface area contributed by atoms with Crippen LogP contribution in [0, 0.1) is 5.92 Å². The minimum atomic E-state index is -3.12. The van der Waals surface area contributed by atoms with Gasteiger partial charge >= 0.3 is 5.97 Å². The lowest BCUT2D eigenvalue weighted by molar-refractivity contribution is -0.150. The third-order valence-corrected chi connectivity index (χ3v) is 6.07. The zero-order valence-electron chi connectivity index (χ0n) is 9.74. The molecule has 0 aromatic rings. The fourth-order valence-corrected chi connectivity index (χ4v) is 5.07. The number of aliphatic carboxylic acids is 1. The summed E-state index contributed by atoms with van der Waals surface area (Å²) < 4.78 is 22.7. The molecule has 2 heterocycles. The highest BCUT2D eigenvalue weighted by Gasteiger charge is 2.40. The molecule has 0 bridgehead atoms. The molecule has 0 spiro atoms. The van der Waals surface area contributed by atoms with E-state index in [1.165, 1.54) is 16.7 Å². The molecular weight excluding hydrogens is 278 g/mol. The van der Waals surface area contributed by atoms with Crippen LogP contribution in [0.5, 0.6) is 0 Å². The van der Waals surface area contributed by atoms with Gasteiger partial charge in [0.05, 0.1) is 17.4 Å². The van der Waals surface area contributed by atoms with Gasteiger partial charge in [0.25, 0.3) is 0 Å². The molecule has 2 aliphatic heterocycles. The minimum Gasteiger partial charge on any atom is -0.480 e. The van der Waals surface area contributed by atoms with Gasteiger partial charge in [0.1, 0.15) is 6.04 Å². The molecule has 0 aromatic carbocycles. The van der Waals surface area contributed by atoms with Crippen LogP contribution in [0.2, 0.25) is 0 Å². The second-order valence-corrected chi connectivity index (χ2v) is 7.94. The Bertz CT molecular complexity index is 461. The van der Waals surface area contributed by atoms with E-state index in [2.05, 4.69) is 0 Å². The Hall–Kier alpha value is -0.760. The average Bonchev–Trinajstić information content (AvgIpc) is 2.68. The lowest BCUT2D eigenvalue weighted by Crippen LogP contribution is -2.52. The molecule has 2 rings (SSSR count). The molecule has 1 amide bonds. The Balaban J connectivity index is 2.10. The van der Waals surface area contributed by atoms with Gasteiger partial charge in [-0.2, -0.15) is 11.8 Å². The summed E-state index contributed by atoms with van der Waals surface area (Å²) in [4.78, 5) is 24.6. The summed E-state index contributed by atoms with van der Waals surface area (Å²) in [5.74, 6) is -0.915. The topological polar surface area (TPSA) is 91.8 Å². The van der Waals surface area contributed by atoms with Crippen LogP contribution in [-0.4, -0.2) is 65.9 Å². The summed E-state index contributed by atoms with van der Waals surface area (Å²) >= 11 is 1.50. The first kappa shape index (κ1) is 13.7. The molecular formula is C10H15NO5S2. The number of nitrogens with zero attached hydrogens (tertiary/aromatic N) is 1. The largest absolute Gasteiger partial charge is 0.480 e. The zero-order chi connectivity index (χ0) is 13.3. The van der Waals surface area contributed by atoms with Crippen molar-refractivity contribution in [2.45, 2.75) is 12.5 Å². The van der Waals surface area contributed by atoms with Crippen LogP contribution < -0.4 is 0 Å². The van der Waals surface area contributed by atoms with Crippen molar-refractivity contribution in [3.05, 3.63) is 0 Å². The van der Waals surface area contributed by atoms with E-state index in [0.717, 1.165) is 0 Å². The number of amides is 1. The summed E-state index contributed by atoms with van der Waals surface area (Å²) in [6, 6.07) is -0.820. The maximum atomic E-state index is 12.2. The van der Waals surface area contributed by atoms with Crippen molar-refractivity contribution >= 4 is 33.5 Å². The van der Waals surface area contributed by atoms with Crippen molar-refractivity contribution in [2.75, 3.05) is 29.6 Å². The normalized spacial score (nSPS) is 31.2. The second-order valence-electron chi connectivity index (χ2n) is 4.56. The highest BCUT2D eigenvalue weighted by Crippen LogP contribution is 2.25. The molecule has 18 heavy (non-hydrogen) atoms. The van der Waals surface area contributed by atoms with Gasteiger partial charge in [-0.05, 0) is 6.42 Å². The van der Waals surface area contributed by atoms with Gasteiger partial charge < -0.3 is 10.0 Å².